The van der Waals surface area contributed by atoms with Crippen LogP contribution in [0.25, 0.3) is 0 Å². The van der Waals surface area contributed by atoms with Crippen LogP contribution in [0.15, 0.2) is 35.3 Å². The van der Waals surface area contributed by atoms with E-state index in [0.717, 1.165) is 5.56 Å². The lowest BCUT2D eigenvalue weighted by Gasteiger charge is -2.34. The van der Waals surface area contributed by atoms with Gasteiger partial charge in [-0.1, -0.05) is 36.3 Å². The average Bonchev–Trinajstić information content (AvgIpc) is 2.45. The SMILES string of the molecule is CC#CC(CC1(C)CC(=O)N(C)C(N)=N1)c1ccccc1. The van der Waals surface area contributed by atoms with Crippen molar-refractivity contribution in [2.45, 2.75) is 38.1 Å². The second-order valence-corrected chi connectivity index (χ2v) is 5.66. The number of aliphatic imine (C=N–C) groups is 1. The van der Waals surface area contributed by atoms with Crippen LogP contribution < -0.4 is 5.73 Å². The maximum absolute atomic E-state index is 12.0. The van der Waals surface area contributed by atoms with Crippen LogP contribution in [0.1, 0.15) is 38.2 Å². The molecule has 0 saturated carbocycles. The van der Waals surface area contributed by atoms with E-state index >= 15 is 0 Å². The molecule has 1 aromatic rings. The molecule has 0 saturated heterocycles. The van der Waals surface area contributed by atoms with Gasteiger partial charge in [0.25, 0.3) is 0 Å². The predicted octanol–water partition coefficient (Wildman–Crippen LogP) is 2.12. The van der Waals surface area contributed by atoms with E-state index in [0.29, 0.717) is 12.8 Å². The zero-order chi connectivity index (χ0) is 15.5. The first kappa shape index (κ1) is 15.1. The molecule has 1 heterocycles. The van der Waals surface area contributed by atoms with Crippen molar-refractivity contribution >= 4 is 11.9 Å². The number of hydrogen-bond acceptors (Lipinski definition) is 3. The fourth-order valence-electron chi connectivity index (χ4n) is 2.63. The molecule has 1 aliphatic rings. The molecule has 2 unspecified atom stereocenters. The molecule has 0 radical (unpaired) electrons. The number of amides is 1. The molecule has 0 spiro atoms. The van der Waals surface area contributed by atoms with Gasteiger partial charge in [-0.3, -0.25) is 9.69 Å². The summed E-state index contributed by atoms with van der Waals surface area (Å²) in [6, 6.07) is 10.1. The highest BCUT2D eigenvalue weighted by Gasteiger charge is 2.36. The Morgan fingerprint density at radius 1 is 1.43 bits per heavy atom. The highest BCUT2D eigenvalue weighted by Crippen LogP contribution is 2.33. The number of hydrogen-bond donors (Lipinski definition) is 1. The van der Waals surface area contributed by atoms with Crippen molar-refractivity contribution < 1.29 is 4.79 Å². The Labute approximate surface area is 126 Å². The molecule has 0 fully saturated rings. The standard InChI is InChI=1S/C17H21N3O/c1-4-8-14(13-9-6-5-7-10-13)11-17(2)12-15(21)20(3)16(18)19-17/h5-7,9-10,14H,11-12H2,1-3H3,(H2,18,19). The highest BCUT2D eigenvalue weighted by atomic mass is 16.2. The molecular formula is C17H21N3O. The second-order valence-electron chi connectivity index (χ2n) is 5.66. The van der Waals surface area contributed by atoms with E-state index in [-0.39, 0.29) is 17.8 Å². The van der Waals surface area contributed by atoms with Crippen LogP contribution in [0.2, 0.25) is 0 Å². The summed E-state index contributed by atoms with van der Waals surface area (Å²) in [4.78, 5) is 18.0. The minimum Gasteiger partial charge on any atom is -0.369 e. The topological polar surface area (TPSA) is 58.7 Å². The molecule has 0 bridgehead atoms. The van der Waals surface area contributed by atoms with Gasteiger partial charge < -0.3 is 5.73 Å². The maximum Gasteiger partial charge on any atom is 0.231 e. The predicted molar refractivity (Wildman–Crippen MR) is 84.7 cm³/mol. The van der Waals surface area contributed by atoms with Crippen LogP contribution in [-0.4, -0.2) is 29.4 Å². The van der Waals surface area contributed by atoms with Gasteiger partial charge in [-0.2, -0.15) is 0 Å². The zero-order valence-electron chi connectivity index (χ0n) is 12.8. The summed E-state index contributed by atoms with van der Waals surface area (Å²) in [6.45, 7) is 3.80. The number of benzene rings is 1. The Hall–Kier alpha value is -2.28. The monoisotopic (exact) mass is 283 g/mol. The van der Waals surface area contributed by atoms with E-state index in [2.05, 4.69) is 29.0 Å². The number of carbonyl (C=O) groups excluding carboxylic acids is 1. The van der Waals surface area contributed by atoms with Gasteiger partial charge >= 0.3 is 0 Å². The van der Waals surface area contributed by atoms with Crippen molar-refractivity contribution in [3.05, 3.63) is 35.9 Å². The molecule has 4 heteroatoms. The van der Waals surface area contributed by atoms with Crippen molar-refractivity contribution in [1.82, 2.24) is 4.90 Å². The first-order chi connectivity index (χ1) is 9.95. The summed E-state index contributed by atoms with van der Waals surface area (Å²) >= 11 is 0. The third-order valence-electron chi connectivity index (χ3n) is 3.80. The molecule has 4 nitrogen and oxygen atoms in total. The third kappa shape index (κ3) is 3.43. The molecular weight excluding hydrogens is 262 g/mol. The lowest BCUT2D eigenvalue weighted by atomic mass is 9.82. The van der Waals surface area contributed by atoms with E-state index in [1.807, 2.05) is 32.0 Å². The van der Waals surface area contributed by atoms with Gasteiger partial charge in [-0.15, -0.1) is 5.92 Å². The van der Waals surface area contributed by atoms with Crippen molar-refractivity contribution in [2.24, 2.45) is 10.7 Å². The number of nitrogens with zero attached hydrogens (tertiary/aromatic N) is 2. The van der Waals surface area contributed by atoms with E-state index in [9.17, 15) is 4.79 Å². The van der Waals surface area contributed by atoms with Crippen LogP contribution in [0.4, 0.5) is 0 Å². The normalized spacial score (nSPS) is 23.1. The Morgan fingerprint density at radius 3 is 2.67 bits per heavy atom. The van der Waals surface area contributed by atoms with Gasteiger partial charge in [0.2, 0.25) is 5.91 Å². The fourth-order valence-corrected chi connectivity index (χ4v) is 2.63. The van der Waals surface area contributed by atoms with Gasteiger partial charge in [-0.05, 0) is 25.8 Å². The van der Waals surface area contributed by atoms with E-state index in [1.165, 1.54) is 4.90 Å². The first-order valence-electron chi connectivity index (χ1n) is 7.04. The van der Waals surface area contributed by atoms with Gasteiger partial charge in [-0.25, -0.2) is 4.99 Å². The Morgan fingerprint density at radius 2 is 2.10 bits per heavy atom. The second kappa shape index (κ2) is 6.01. The smallest absolute Gasteiger partial charge is 0.231 e. The molecule has 0 aromatic heterocycles. The van der Waals surface area contributed by atoms with E-state index < -0.39 is 5.54 Å². The summed E-state index contributed by atoms with van der Waals surface area (Å²) in [6.07, 6.45) is 1.04. The lowest BCUT2D eigenvalue weighted by molar-refractivity contribution is -0.128. The third-order valence-corrected chi connectivity index (χ3v) is 3.80. The molecule has 110 valence electrons. The molecule has 21 heavy (non-hydrogen) atoms. The maximum atomic E-state index is 12.0. The fraction of sp³-hybridized carbons (Fsp3) is 0.412. The van der Waals surface area contributed by atoms with Crippen molar-refractivity contribution in [3.63, 3.8) is 0 Å². The summed E-state index contributed by atoms with van der Waals surface area (Å²) in [7, 11) is 1.65. The van der Waals surface area contributed by atoms with Gasteiger partial charge in [0.1, 0.15) is 0 Å². The number of rotatable bonds is 3. The average molecular weight is 283 g/mol. The highest BCUT2D eigenvalue weighted by molar-refractivity contribution is 5.98. The van der Waals surface area contributed by atoms with Crippen molar-refractivity contribution in [2.75, 3.05) is 7.05 Å². The van der Waals surface area contributed by atoms with Crippen LogP contribution in [0.3, 0.4) is 0 Å². The molecule has 1 aromatic carbocycles. The number of carbonyl (C=O) groups is 1. The minimum atomic E-state index is -0.502. The number of nitrogens with two attached hydrogens (primary N) is 1. The Kier molecular flexibility index (Phi) is 4.32. The summed E-state index contributed by atoms with van der Waals surface area (Å²) < 4.78 is 0. The van der Waals surface area contributed by atoms with Gasteiger partial charge in [0.15, 0.2) is 5.96 Å². The van der Waals surface area contributed by atoms with Crippen LogP contribution >= 0.6 is 0 Å². The lowest BCUT2D eigenvalue weighted by Crippen LogP contribution is -2.49. The Bertz CT molecular complexity index is 612. The summed E-state index contributed by atoms with van der Waals surface area (Å²) in [5, 5.41) is 0. The minimum absolute atomic E-state index is 0.00118. The van der Waals surface area contributed by atoms with Crippen molar-refractivity contribution in [1.29, 1.82) is 0 Å². The van der Waals surface area contributed by atoms with Gasteiger partial charge in [0.05, 0.1) is 12.0 Å². The molecule has 0 aliphatic carbocycles. The molecule has 2 N–H and O–H groups in total. The first-order valence-corrected chi connectivity index (χ1v) is 7.04. The van der Waals surface area contributed by atoms with Gasteiger partial charge in [0, 0.05) is 13.0 Å². The molecule has 1 aliphatic heterocycles. The van der Waals surface area contributed by atoms with Crippen LogP contribution in [0.5, 0.6) is 0 Å². The molecule has 2 rings (SSSR count). The quantitative estimate of drug-likeness (QED) is 0.864. The van der Waals surface area contributed by atoms with E-state index in [4.69, 9.17) is 5.73 Å². The largest absolute Gasteiger partial charge is 0.369 e. The van der Waals surface area contributed by atoms with Crippen LogP contribution in [0, 0.1) is 11.8 Å². The zero-order valence-corrected chi connectivity index (χ0v) is 12.8. The van der Waals surface area contributed by atoms with E-state index in [1.54, 1.807) is 7.05 Å². The number of guanidine groups is 1. The summed E-state index contributed by atoms with van der Waals surface area (Å²) in [5.74, 6) is 6.54. The molecule has 1 amide bonds. The van der Waals surface area contributed by atoms with Crippen LogP contribution in [-0.2, 0) is 4.79 Å². The molecule has 2 atom stereocenters. The Balaban J connectivity index is 2.28. The van der Waals surface area contributed by atoms with Crippen molar-refractivity contribution in [3.8, 4) is 11.8 Å². The summed E-state index contributed by atoms with van der Waals surface area (Å²) in [5.41, 5.74) is 6.50.